The van der Waals surface area contributed by atoms with E-state index in [4.69, 9.17) is 17.3 Å². The fourth-order valence-electron chi connectivity index (χ4n) is 1.16. The van der Waals surface area contributed by atoms with Gasteiger partial charge in [0.25, 0.3) is 5.69 Å². The molecule has 5 nitrogen and oxygen atoms in total. The molecule has 86 valence electrons. The number of carbonyl (C=O) groups excluding carboxylic acids is 1. The summed E-state index contributed by atoms with van der Waals surface area (Å²) in [4.78, 5) is 20.4. The summed E-state index contributed by atoms with van der Waals surface area (Å²) >= 11 is 5.57. The van der Waals surface area contributed by atoms with Crippen molar-refractivity contribution in [1.82, 2.24) is 0 Å². The molecule has 0 heterocycles. The zero-order chi connectivity index (χ0) is 12.3. The second kappa shape index (κ2) is 4.89. The largest absolute Gasteiger partial charge is 0.368 e. The molecular formula is C9H8ClFN2O3. The second-order valence-electron chi connectivity index (χ2n) is 3.15. The lowest BCUT2D eigenvalue weighted by Crippen LogP contribution is -2.25. The molecule has 1 atom stereocenters. The number of nitrogens with two attached hydrogens (primary N) is 1. The SMILES string of the molecule is NC(=O)C(Cl)Cc1cc(F)cc([N+](=O)[O-])c1. The van der Waals surface area contributed by atoms with Gasteiger partial charge in [0, 0.05) is 6.07 Å². The molecule has 0 aromatic heterocycles. The van der Waals surface area contributed by atoms with Crippen molar-refractivity contribution in [1.29, 1.82) is 0 Å². The van der Waals surface area contributed by atoms with Gasteiger partial charge in [-0.3, -0.25) is 14.9 Å². The van der Waals surface area contributed by atoms with E-state index < -0.39 is 22.0 Å². The lowest BCUT2D eigenvalue weighted by molar-refractivity contribution is -0.385. The molecule has 0 saturated heterocycles. The molecule has 1 rings (SSSR count). The van der Waals surface area contributed by atoms with E-state index in [2.05, 4.69) is 0 Å². The molecule has 0 spiro atoms. The Bertz CT molecular complexity index is 439. The van der Waals surface area contributed by atoms with Crippen LogP contribution in [0.1, 0.15) is 5.56 Å². The monoisotopic (exact) mass is 246 g/mol. The van der Waals surface area contributed by atoms with E-state index in [9.17, 15) is 19.3 Å². The maximum atomic E-state index is 13.0. The topological polar surface area (TPSA) is 86.2 Å². The van der Waals surface area contributed by atoms with E-state index >= 15 is 0 Å². The van der Waals surface area contributed by atoms with E-state index in [0.29, 0.717) is 0 Å². The Morgan fingerprint density at radius 3 is 2.69 bits per heavy atom. The number of primary amides is 1. The third-order valence-corrected chi connectivity index (χ3v) is 2.25. The van der Waals surface area contributed by atoms with Crippen molar-refractivity contribution in [2.75, 3.05) is 0 Å². The standard InChI is InChI=1S/C9H8ClFN2O3/c10-8(9(12)14)3-5-1-6(11)4-7(2-5)13(15)16/h1-2,4,8H,3H2,(H2,12,14). The van der Waals surface area contributed by atoms with Crippen LogP contribution in [0.15, 0.2) is 18.2 Å². The van der Waals surface area contributed by atoms with Gasteiger partial charge in [0.2, 0.25) is 5.91 Å². The van der Waals surface area contributed by atoms with E-state index in [0.717, 1.165) is 18.2 Å². The van der Waals surface area contributed by atoms with Crippen molar-refractivity contribution in [2.24, 2.45) is 5.73 Å². The van der Waals surface area contributed by atoms with Crippen LogP contribution in [-0.4, -0.2) is 16.2 Å². The summed E-state index contributed by atoms with van der Waals surface area (Å²) in [6.45, 7) is 0. The molecule has 16 heavy (non-hydrogen) atoms. The van der Waals surface area contributed by atoms with Crippen LogP contribution in [0, 0.1) is 15.9 Å². The number of halogens is 2. The highest BCUT2D eigenvalue weighted by molar-refractivity contribution is 6.30. The summed E-state index contributed by atoms with van der Waals surface area (Å²) in [6, 6.07) is 3.02. The van der Waals surface area contributed by atoms with Gasteiger partial charge in [-0.2, -0.15) is 0 Å². The fraction of sp³-hybridized carbons (Fsp3) is 0.222. The van der Waals surface area contributed by atoms with Crippen LogP contribution in [0.25, 0.3) is 0 Å². The molecule has 1 aromatic carbocycles. The Morgan fingerprint density at radius 2 is 2.19 bits per heavy atom. The first-order valence-corrected chi connectivity index (χ1v) is 4.71. The highest BCUT2D eigenvalue weighted by Crippen LogP contribution is 2.18. The summed E-state index contributed by atoms with van der Waals surface area (Å²) in [5, 5.41) is 9.43. The predicted octanol–water partition coefficient (Wildman–Crippen LogP) is 1.37. The molecule has 0 aliphatic carbocycles. The van der Waals surface area contributed by atoms with Gasteiger partial charge in [0.1, 0.15) is 11.2 Å². The number of nitro groups is 1. The van der Waals surface area contributed by atoms with Gasteiger partial charge in [0.05, 0.1) is 11.0 Å². The van der Waals surface area contributed by atoms with E-state index in [1.165, 1.54) is 0 Å². The van der Waals surface area contributed by atoms with Crippen LogP contribution in [0.3, 0.4) is 0 Å². The summed E-state index contributed by atoms with van der Waals surface area (Å²) < 4.78 is 13.0. The Labute approximate surface area is 95.1 Å². The minimum absolute atomic E-state index is 0.0461. The molecule has 0 saturated carbocycles. The molecule has 1 amide bonds. The molecular weight excluding hydrogens is 239 g/mol. The van der Waals surface area contributed by atoms with Gasteiger partial charge >= 0.3 is 0 Å². The number of carbonyl (C=O) groups is 1. The maximum absolute atomic E-state index is 13.0. The number of nitrogens with zero attached hydrogens (tertiary/aromatic N) is 1. The molecule has 0 radical (unpaired) electrons. The van der Waals surface area contributed by atoms with Crippen molar-refractivity contribution >= 4 is 23.2 Å². The van der Waals surface area contributed by atoms with Crippen LogP contribution in [-0.2, 0) is 11.2 Å². The lowest BCUT2D eigenvalue weighted by Gasteiger charge is -2.05. The molecule has 0 bridgehead atoms. The number of rotatable bonds is 4. The molecule has 1 aromatic rings. The molecule has 1 unspecified atom stereocenters. The molecule has 2 N–H and O–H groups in total. The fourth-order valence-corrected chi connectivity index (χ4v) is 1.34. The van der Waals surface area contributed by atoms with Gasteiger partial charge in [-0.05, 0) is 18.1 Å². The average molecular weight is 247 g/mol. The van der Waals surface area contributed by atoms with E-state index in [1.54, 1.807) is 0 Å². The Hall–Kier alpha value is -1.69. The van der Waals surface area contributed by atoms with Gasteiger partial charge in [-0.15, -0.1) is 11.6 Å². The zero-order valence-corrected chi connectivity index (χ0v) is 8.78. The number of hydrogen-bond acceptors (Lipinski definition) is 3. The number of hydrogen-bond donors (Lipinski definition) is 1. The van der Waals surface area contributed by atoms with Crippen molar-refractivity contribution in [3.8, 4) is 0 Å². The first kappa shape index (κ1) is 12.4. The number of alkyl halides is 1. The smallest absolute Gasteiger partial charge is 0.272 e. The summed E-state index contributed by atoms with van der Waals surface area (Å²) in [7, 11) is 0. The Balaban J connectivity index is 2.97. The highest BCUT2D eigenvalue weighted by atomic mass is 35.5. The van der Waals surface area contributed by atoms with Crippen LogP contribution >= 0.6 is 11.6 Å². The van der Waals surface area contributed by atoms with Crippen LogP contribution in [0.5, 0.6) is 0 Å². The van der Waals surface area contributed by atoms with Crippen LogP contribution in [0.4, 0.5) is 10.1 Å². The molecule has 0 fully saturated rings. The van der Waals surface area contributed by atoms with Gasteiger partial charge in [-0.25, -0.2) is 4.39 Å². The molecule has 0 aliphatic heterocycles. The van der Waals surface area contributed by atoms with Crippen molar-refractivity contribution < 1.29 is 14.1 Å². The van der Waals surface area contributed by atoms with E-state index in [-0.39, 0.29) is 17.7 Å². The maximum Gasteiger partial charge on any atom is 0.272 e. The predicted molar refractivity (Wildman–Crippen MR) is 55.6 cm³/mol. The summed E-state index contributed by atoms with van der Waals surface area (Å²) in [5.74, 6) is -1.51. The zero-order valence-electron chi connectivity index (χ0n) is 8.02. The lowest BCUT2D eigenvalue weighted by atomic mass is 10.1. The number of benzene rings is 1. The minimum atomic E-state index is -1.01. The first-order valence-electron chi connectivity index (χ1n) is 4.27. The van der Waals surface area contributed by atoms with Gasteiger partial charge in [0.15, 0.2) is 0 Å². The minimum Gasteiger partial charge on any atom is -0.368 e. The van der Waals surface area contributed by atoms with E-state index in [1.807, 2.05) is 0 Å². The third kappa shape index (κ3) is 3.16. The summed E-state index contributed by atoms with van der Waals surface area (Å²) in [6.07, 6.45) is -0.0461. The third-order valence-electron chi connectivity index (χ3n) is 1.88. The van der Waals surface area contributed by atoms with Gasteiger partial charge < -0.3 is 5.73 Å². The Morgan fingerprint density at radius 1 is 1.56 bits per heavy atom. The highest BCUT2D eigenvalue weighted by Gasteiger charge is 2.15. The first-order chi connectivity index (χ1) is 7.40. The van der Waals surface area contributed by atoms with Crippen molar-refractivity contribution in [3.05, 3.63) is 39.7 Å². The number of nitro benzene ring substituents is 1. The quantitative estimate of drug-likeness (QED) is 0.494. The number of amides is 1. The molecule has 7 heteroatoms. The van der Waals surface area contributed by atoms with Gasteiger partial charge in [-0.1, -0.05) is 0 Å². The van der Waals surface area contributed by atoms with Crippen LogP contribution in [0.2, 0.25) is 0 Å². The number of non-ortho nitro benzene ring substituents is 1. The van der Waals surface area contributed by atoms with Crippen molar-refractivity contribution in [2.45, 2.75) is 11.8 Å². The normalized spacial score (nSPS) is 12.1. The van der Waals surface area contributed by atoms with Crippen molar-refractivity contribution in [3.63, 3.8) is 0 Å². The average Bonchev–Trinajstić information content (AvgIpc) is 2.16. The van der Waals surface area contributed by atoms with Crippen LogP contribution < -0.4 is 5.73 Å². The molecule has 0 aliphatic rings. The Kier molecular flexibility index (Phi) is 3.78. The summed E-state index contributed by atoms with van der Waals surface area (Å²) in [5.41, 5.74) is 4.79. The second-order valence-corrected chi connectivity index (χ2v) is 3.68.